The minimum absolute atomic E-state index is 0. The van der Waals surface area contributed by atoms with E-state index in [9.17, 15) is 0 Å². The van der Waals surface area contributed by atoms with Gasteiger partial charge in [-0.3, -0.25) is 0 Å². The molecule has 0 saturated heterocycles. The molecule has 3 aromatic rings. The zero-order valence-corrected chi connectivity index (χ0v) is 16.2. The van der Waals surface area contributed by atoms with Crippen LogP contribution in [0.4, 0.5) is 0 Å². The average molecular weight is 339 g/mol. The molecular weight excluding hydrogens is 312 g/mol. The molecule has 0 heterocycles. The van der Waals surface area contributed by atoms with Gasteiger partial charge in [-0.15, -0.1) is 0 Å². The van der Waals surface area contributed by atoms with Crippen molar-refractivity contribution in [3.8, 4) is 0 Å². The van der Waals surface area contributed by atoms with Gasteiger partial charge in [0.25, 0.3) is 0 Å². The first-order valence-corrected chi connectivity index (χ1v) is 5.73. The minimum atomic E-state index is 0. The summed E-state index contributed by atoms with van der Waals surface area (Å²) in [5.74, 6) is 0. The van der Waals surface area contributed by atoms with Crippen LogP contribution in [-0.4, -0.2) is 0 Å². The van der Waals surface area contributed by atoms with Crippen molar-refractivity contribution in [1.82, 2.24) is 0 Å². The zero-order valence-electron chi connectivity index (χ0n) is 14.7. The van der Waals surface area contributed by atoms with E-state index in [-0.39, 0.29) is 51.4 Å². The van der Waals surface area contributed by atoms with Crippen LogP contribution in [-0.2, 0) is 21.7 Å². The van der Waals surface area contributed by atoms with Gasteiger partial charge in [0.15, 0.2) is 0 Å². The minimum Gasteiger partial charge on any atom is -0.358 e. The third-order valence-corrected chi connectivity index (χ3v) is 1.82. The third kappa shape index (κ3) is 25.7. The summed E-state index contributed by atoms with van der Waals surface area (Å²) in [6.45, 7) is 0. The molecule has 3 aromatic carbocycles. The molecule has 0 aliphatic rings. The standard InChI is InChI=1S/3C6H5.4CH3.Ti/c3*1-2-4-6-5-3-1;;;;;/h3*1-5H;4*1H3;/q7*-1;. The topological polar surface area (TPSA) is 0 Å². The molecule has 0 aliphatic carbocycles. The molecular formula is C22H27Ti-7. The number of rotatable bonds is 0. The van der Waals surface area contributed by atoms with E-state index in [0.717, 1.165) is 0 Å². The van der Waals surface area contributed by atoms with Crippen LogP contribution < -0.4 is 0 Å². The molecule has 126 valence electrons. The molecule has 0 nitrogen and oxygen atoms in total. The third-order valence-electron chi connectivity index (χ3n) is 1.82. The van der Waals surface area contributed by atoms with Gasteiger partial charge in [0.2, 0.25) is 0 Å². The summed E-state index contributed by atoms with van der Waals surface area (Å²) in [6.07, 6.45) is 0. The Morgan fingerprint density at radius 3 is 0.522 bits per heavy atom. The van der Waals surface area contributed by atoms with Gasteiger partial charge >= 0.3 is 0 Å². The van der Waals surface area contributed by atoms with Crippen molar-refractivity contribution in [2.24, 2.45) is 0 Å². The van der Waals surface area contributed by atoms with Gasteiger partial charge in [0, 0.05) is 21.7 Å². The van der Waals surface area contributed by atoms with E-state index >= 15 is 0 Å². The van der Waals surface area contributed by atoms with E-state index in [1.165, 1.54) is 0 Å². The van der Waals surface area contributed by atoms with Gasteiger partial charge in [0.1, 0.15) is 0 Å². The van der Waals surface area contributed by atoms with Gasteiger partial charge in [-0.1, -0.05) is 0 Å². The molecule has 3 rings (SSSR count). The Bertz CT molecular complexity index is 297. The van der Waals surface area contributed by atoms with Gasteiger partial charge < -0.3 is 29.7 Å². The molecule has 0 unspecified atom stereocenters. The van der Waals surface area contributed by atoms with Crippen LogP contribution in [0.5, 0.6) is 0 Å². The van der Waals surface area contributed by atoms with Crippen molar-refractivity contribution in [3.63, 3.8) is 0 Å². The summed E-state index contributed by atoms with van der Waals surface area (Å²) in [7, 11) is 0. The summed E-state index contributed by atoms with van der Waals surface area (Å²) in [6, 6.07) is 37.5. The van der Waals surface area contributed by atoms with Crippen LogP contribution >= 0.6 is 0 Å². The van der Waals surface area contributed by atoms with Crippen molar-refractivity contribution >= 4 is 0 Å². The molecule has 0 saturated carbocycles. The first-order chi connectivity index (χ1) is 9.00. The summed E-state index contributed by atoms with van der Waals surface area (Å²) in [5.41, 5.74) is 0. The van der Waals surface area contributed by atoms with Gasteiger partial charge in [-0.25, -0.2) is 0 Å². The number of hydrogen-bond acceptors (Lipinski definition) is 0. The second-order valence-corrected chi connectivity index (χ2v) is 3.23. The molecule has 0 bridgehead atoms. The Labute approximate surface area is 160 Å². The van der Waals surface area contributed by atoms with Crippen molar-refractivity contribution in [3.05, 3.63) is 139 Å². The molecule has 0 amide bonds. The SMILES string of the molecule is [CH3-].[CH3-].[CH3-].[CH3-].[Ti].[c-]1ccccc1.[c-]1ccccc1.[c-]1ccccc1. The fraction of sp³-hybridized carbons (Fsp3) is 0. The van der Waals surface area contributed by atoms with Gasteiger partial charge in [-0.2, -0.15) is 109 Å². The Hall–Kier alpha value is -1.63. The Balaban J connectivity index is -0.0000000635. The normalized spacial score (nSPS) is 6.26. The largest absolute Gasteiger partial charge is 0.358 e. The summed E-state index contributed by atoms with van der Waals surface area (Å²) < 4.78 is 0. The fourth-order valence-corrected chi connectivity index (χ4v) is 1.03. The number of benzene rings is 3. The van der Waals surface area contributed by atoms with Crippen LogP contribution in [0, 0.1) is 47.9 Å². The summed E-state index contributed by atoms with van der Waals surface area (Å²) in [4.78, 5) is 0. The van der Waals surface area contributed by atoms with Crippen LogP contribution in [0.25, 0.3) is 0 Å². The molecule has 23 heavy (non-hydrogen) atoms. The average Bonchev–Trinajstić information content (AvgIpc) is 2.54. The maximum Gasteiger partial charge on any atom is 0 e. The number of hydrogen-bond donors (Lipinski definition) is 0. The molecule has 0 N–H and O–H groups in total. The van der Waals surface area contributed by atoms with E-state index in [1.807, 2.05) is 91.0 Å². The van der Waals surface area contributed by atoms with Crippen molar-refractivity contribution in [1.29, 1.82) is 0 Å². The molecule has 0 spiro atoms. The first kappa shape index (κ1) is 33.1. The molecule has 0 fully saturated rings. The second kappa shape index (κ2) is 28.5. The van der Waals surface area contributed by atoms with Crippen LogP contribution in [0.3, 0.4) is 0 Å². The fourth-order valence-electron chi connectivity index (χ4n) is 1.03. The smallest absolute Gasteiger partial charge is 0 e. The molecule has 0 aromatic heterocycles. The van der Waals surface area contributed by atoms with E-state index in [1.54, 1.807) is 0 Å². The Kier molecular flexibility index (Phi) is 41.0. The summed E-state index contributed by atoms with van der Waals surface area (Å²) >= 11 is 0. The van der Waals surface area contributed by atoms with E-state index in [2.05, 4.69) is 18.2 Å². The van der Waals surface area contributed by atoms with Crippen molar-refractivity contribution in [2.45, 2.75) is 0 Å². The van der Waals surface area contributed by atoms with Crippen LogP contribution in [0.15, 0.2) is 91.0 Å². The van der Waals surface area contributed by atoms with Crippen LogP contribution in [0.1, 0.15) is 0 Å². The Morgan fingerprint density at radius 2 is 0.478 bits per heavy atom. The molecule has 0 radical (unpaired) electrons. The van der Waals surface area contributed by atoms with E-state index in [0.29, 0.717) is 0 Å². The maximum atomic E-state index is 2.89. The monoisotopic (exact) mass is 339 g/mol. The zero-order chi connectivity index (χ0) is 12.7. The second-order valence-electron chi connectivity index (χ2n) is 3.23. The predicted molar refractivity (Wildman–Crippen MR) is 101 cm³/mol. The van der Waals surface area contributed by atoms with Crippen molar-refractivity contribution in [2.75, 3.05) is 0 Å². The quantitative estimate of drug-likeness (QED) is 0.335. The molecule has 0 atom stereocenters. The van der Waals surface area contributed by atoms with Gasteiger partial charge in [0.05, 0.1) is 0 Å². The Morgan fingerprint density at radius 1 is 0.304 bits per heavy atom. The molecule has 0 aliphatic heterocycles. The van der Waals surface area contributed by atoms with Crippen molar-refractivity contribution < 1.29 is 21.7 Å². The first-order valence-electron chi connectivity index (χ1n) is 5.73. The van der Waals surface area contributed by atoms with Gasteiger partial charge in [-0.05, 0) is 0 Å². The van der Waals surface area contributed by atoms with Crippen LogP contribution in [0.2, 0.25) is 0 Å². The van der Waals surface area contributed by atoms with E-state index in [4.69, 9.17) is 0 Å². The summed E-state index contributed by atoms with van der Waals surface area (Å²) in [5, 5.41) is 0. The van der Waals surface area contributed by atoms with E-state index < -0.39 is 0 Å². The maximum absolute atomic E-state index is 2.89. The predicted octanol–water partition coefficient (Wildman–Crippen LogP) is 6.26. The molecule has 1 heteroatoms.